The Labute approximate surface area is 242 Å². The van der Waals surface area contributed by atoms with Crippen LogP contribution in [0.1, 0.15) is 30.5 Å². The third kappa shape index (κ3) is 8.22. The van der Waals surface area contributed by atoms with Gasteiger partial charge in [-0.3, -0.25) is 19.4 Å². The van der Waals surface area contributed by atoms with Crippen LogP contribution in [-0.2, 0) is 33.9 Å². The molecule has 1 unspecified atom stereocenters. The molecule has 0 aliphatic carbocycles. The minimum atomic E-state index is -0.713. The van der Waals surface area contributed by atoms with Crippen molar-refractivity contribution in [2.45, 2.75) is 45.6 Å². The highest BCUT2D eigenvalue weighted by Gasteiger charge is 2.48. The number of fused-ring (bicyclic) bond motifs is 1. The maximum Gasteiger partial charge on any atom is 0.246 e. The molecule has 1 N–H and O–H groups in total. The second-order valence-electron chi connectivity index (χ2n) is 9.65. The summed E-state index contributed by atoms with van der Waals surface area (Å²) >= 11 is 0. The molecule has 2 aliphatic rings. The van der Waals surface area contributed by atoms with E-state index >= 15 is 0 Å². The first-order valence-corrected chi connectivity index (χ1v) is 13.9. The molecular weight excluding hydrogens is 521 g/mol. The van der Waals surface area contributed by atoms with Gasteiger partial charge in [0.2, 0.25) is 18.2 Å². The summed E-state index contributed by atoms with van der Waals surface area (Å²) in [6, 6.07) is 25.1. The fraction of sp³-hybridized carbons (Fsp3) is 0.344. The number of benzene rings is 3. The van der Waals surface area contributed by atoms with Gasteiger partial charge in [-0.25, -0.2) is 9.40 Å². The van der Waals surface area contributed by atoms with Crippen molar-refractivity contribution in [3.8, 4) is 0 Å². The molecule has 2 fully saturated rings. The Kier molecular flexibility index (Phi) is 12.0. The molecule has 8 nitrogen and oxygen atoms in total. The SMILES string of the molecule is CC.CN1CC(=O)N2C(CN(Cc3ccc(F)cc3)C(=O)[C@@H]2Cc2ccccc2)N1C=O.CNCc1ccccc1. The van der Waals surface area contributed by atoms with Crippen molar-refractivity contribution in [1.29, 1.82) is 0 Å². The van der Waals surface area contributed by atoms with Crippen LogP contribution in [0.4, 0.5) is 4.39 Å². The molecule has 2 atom stereocenters. The average molecular weight is 562 g/mol. The van der Waals surface area contributed by atoms with Gasteiger partial charge in [0, 0.05) is 26.6 Å². The number of amides is 3. The number of rotatable bonds is 7. The highest BCUT2D eigenvalue weighted by atomic mass is 19.1. The number of hydrogen-bond donors (Lipinski definition) is 1. The van der Waals surface area contributed by atoms with Crippen LogP contribution in [0.5, 0.6) is 0 Å². The smallest absolute Gasteiger partial charge is 0.246 e. The van der Waals surface area contributed by atoms with E-state index < -0.39 is 12.2 Å². The standard InChI is InChI=1S/C22H23FN4O3.C8H11N.C2H6/c1-24-14-21(29)27-19(11-16-5-3-2-4-6-16)22(30)25(13-20(27)26(24)15-28)12-17-7-9-18(23)10-8-17;1-9-7-8-5-3-2-4-6-8;1-2/h2-10,15,19-20H,11-14H2,1H3;2-6,9H,7H2,1H3;1-2H3/t19-,20?;;/m0../s1. The van der Waals surface area contributed by atoms with E-state index in [2.05, 4.69) is 17.4 Å². The number of nitrogens with zero attached hydrogens (tertiary/aromatic N) is 4. The largest absolute Gasteiger partial charge is 0.333 e. The van der Waals surface area contributed by atoms with Crippen molar-refractivity contribution < 1.29 is 18.8 Å². The van der Waals surface area contributed by atoms with Gasteiger partial charge >= 0.3 is 0 Å². The summed E-state index contributed by atoms with van der Waals surface area (Å²) < 4.78 is 13.3. The molecule has 9 heteroatoms. The van der Waals surface area contributed by atoms with Crippen molar-refractivity contribution in [2.24, 2.45) is 0 Å². The molecule has 218 valence electrons. The van der Waals surface area contributed by atoms with Gasteiger partial charge in [-0.05, 0) is 35.9 Å². The third-order valence-electron chi connectivity index (χ3n) is 6.88. The summed E-state index contributed by atoms with van der Waals surface area (Å²) in [4.78, 5) is 41.3. The maximum absolute atomic E-state index is 13.4. The lowest BCUT2D eigenvalue weighted by molar-refractivity contribution is -0.196. The highest BCUT2D eigenvalue weighted by molar-refractivity contribution is 5.91. The van der Waals surface area contributed by atoms with Gasteiger partial charge in [0.15, 0.2) is 0 Å². The number of likely N-dealkylation sites (N-methyl/N-ethyl adjacent to an activating group) is 1. The third-order valence-corrected chi connectivity index (χ3v) is 6.88. The van der Waals surface area contributed by atoms with Crippen molar-refractivity contribution in [3.63, 3.8) is 0 Å². The first-order valence-electron chi connectivity index (χ1n) is 13.9. The summed E-state index contributed by atoms with van der Waals surface area (Å²) in [5.41, 5.74) is 3.05. The molecule has 41 heavy (non-hydrogen) atoms. The van der Waals surface area contributed by atoms with E-state index in [1.165, 1.54) is 22.7 Å². The summed E-state index contributed by atoms with van der Waals surface area (Å²) in [6.45, 7) is 5.46. The van der Waals surface area contributed by atoms with E-state index in [4.69, 9.17) is 0 Å². The molecule has 3 aromatic rings. The topological polar surface area (TPSA) is 76.2 Å². The van der Waals surface area contributed by atoms with E-state index in [-0.39, 0.29) is 37.3 Å². The predicted octanol–water partition coefficient (Wildman–Crippen LogP) is 3.68. The number of piperazine rings is 1. The summed E-state index contributed by atoms with van der Waals surface area (Å²) in [5.74, 6) is -0.706. The Balaban J connectivity index is 0.000000355. The van der Waals surface area contributed by atoms with Gasteiger partial charge in [-0.1, -0.05) is 86.6 Å². The number of carbonyl (C=O) groups excluding carboxylic acids is 3. The summed E-state index contributed by atoms with van der Waals surface area (Å²) in [5, 5.41) is 6.12. The van der Waals surface area contributed by atoms with Gasteiger partial charge < -0.3 is 15.1 Å². The molecule has 0 bridgehead atoms. The van der Waals surface area contributed by atoms with Crippen molar-refractivity contribution in [2.75, 3.05) is 27.2 Å². The van der Waals surface area contributed by atoms with Gasteiger partial charge in [-0.15, -0.1) is 0 Å². The van der Waals surface area contributed by atoms with Gasteiger partial charge in [0.25, 0.3) is 0 Å². The zero-order chi connectivity index (χ0) is 29.8. The fourth-order valence-electron chi connectivity index (χ4n) is 4.98. The zero-order valence-corrected chi connectivity index (χ0v) is 24.2. The first kappa shape index (κ1) is 31.4. The number of halogens is 1. The molecule has 5 rings (SSSR count). The number of carbonyl (C=O) groups is 3. The molecule has 0 aromatic heterocycles. The summed E-state index contributed by atoms with van der Waals surface area (Å²) in [7, 11) is 3.63. The lowest BCUT2D eigenvalue weighted by atomic mass is 9.98. The van der Waals surface area contributed by atoms with E-state index in [0.717, 1.165) is 17.7 Å². The quantitative estimate of drug-likeness (QED) is 0.446. The van der Waals surface area contributed by atoms with E-state index in [1.807, 2.05) is 69.4 Å². The van der Waals surface area contributed by atoms with E-state index in [0.29, 0.717) is 12.8 Å². The average Bonchev–Trinajstić information content (AvgIpc) is 2.99. The van der Waals surface area contributed by atoms with Crippen molar-refractivity contribution in [3.05, 3.63) is 107 Å². The van der Waals surface area contributed by atoms with E-state index in [9.17, 15) is 18.8 Å². The maximum atomic E-state index is 13.4. The lowest BCUT2D eigenvalue weighted by Crippen LogP contribution is -2.74. The first-order chi connectivity index (χ1) is 19.9. The van der Waals surface area contributed by atoms with Gasteiger partial charge in [0.1, 0.15) is 18.0 Å². The highest BCUT2D eigenvalue weighted by Crippen LogP contribution is 2.27. The number of nitrogens with one attached hydrogen (secondary N) is 1. The number of hydrogen-bond acceptors (Lipinski definition) is 5. The molecule has 0 saturated carbocycles. The monoisotopic (exact) mass is 561 g/mol. The molecule has 3 amide bonds. The normalized spacial score (nSPS) is 18.5. The zero-order valence-electron chi connectivity index (χ0n) is 24.2. The van der Waals surface area contributed by atoms with Crippen molar-refractivity contribution in [1.82, 2.24) is 25.1 Å². The Morgan fingerprint density at radius 2 is 1.46 bits per heavy atom. The molecule has 3 aromatic carbocycles. The predicted molar refractivity (Wildman–Crippen MR) is 157 cm³/mol. The number of hydrazine groups is 1. The van der Waals surface area contributed by atoms with Crippen LogP contribution >= 0.6 is 0 Å². The Bertz CT molecular complexity index is 1240. The van der Waals surface area contributed by atoms with Crippen molar-refractivity contribution >= 4 is 18.2 Å². The fourth-order valence-corrected chi connectivity index (χ4v) is 4.98. The molecule has 0 spiro atoms. The Morgan fingerprint density at radius 1 is 0.878 bits per heavy atom. The molecule has 2 saturated heterocycles. The van der Waals surface area contributed by atoms with Crippen LogP contribution in [0, 0.1) is 5.82 Å². The van der Waals surface area contributed by atoms with Crippen LogP contribution in [0.15, 0.2) is 84.9 Å². The van der Waals surface area contributed by atoms with Crippen LogP contribution in [0.2, 0.25) is 0 Å². The minimum Gasteiger partial charge on any atom is -0.333 e. The molecule has 0 radical (unpaired) electrons. The summed E-state index contributed by atoms with van der Waals surface area (Å²) in [6.07, 6.45) is 0.467. The van der Waals surface area contributed by atoms with Crippen LogP contribution < -0.4 is 5.32 Å². The Hall–Kier alpha value is -4.08. The van der Waals surface area contributed by atoms with E-state index in [1.54, 1.807) is 34.0 Å². The molecular formula is C32H40FN5O3. The van der Waals surface area contributed by atoms with Crippen LogP contribution in [-0.4, -0.2) is 77.4 Å². The van der Waals surface area contributed by atoms with Gasteiger partial charge in [-0.2, -0.15) is 0 Å². The van der Waals surface area contributed by atoms with Gasteiger partial charge in [0.05, 0.1) is 13.1 Å². The second-order valence-corrected chi connectivity index (χ2v) is 9.65. The Morgan fingerprint density at radius 3 is 2.02 bits per heavy atom. The lowest BCUT2D eigenvalue weighted by Gasteiger charge is -2.53. The second kappa shape index (κ2) is 15.6. The van der Waals surface area contributed by atoms with Crippen LogP contribution in [0.3, 0.4) is 0 Å². The minimum absolute atomic E-state index is 0.0335. The molecule has 2 aliphatic heterocycles. The molecule has 2 heterocycles. The van der Waals surface area contributed by atoms with Crippen LogP contribution in [0.25, 0.3) is 0 Å².